The van der Waals surface area contributed by atoms with Crippen LogP contribution in [-0.4, -0.2) is 30.5 Å². The molecule has 1 saturated heterocycles. The topological polar surface area (TPSA) is 70.6 Å². The highest BCUT2D eigenvalue weighted by Crippen LogP contribution is 3.02. The minimum absolute atomic E-state index is 0.246. The molecule has 0 unspecified atom stereocenters. The first-order valence-corrected chi connectivity index (χ1v) is 12.1. The fraction of sp³-hybridized carbons (Fsp3) is 0.381. The van der Waals surface area contributed by atoms with E-state index in [1.807, 2.05) is 0 Å². The zero-order valence-electron chi connectivity index (χ0n) is 16.9. The van der Waals surface area contributed by atoms with E-state index in [0.717, 1.165) is 11.6 Å². The van der Waals surface area contributed by atoms with Crippen molar-refractivity contribution in [2.45, 2.75) is 42.2 Å². The summed E-state index contributed by atoms with van der Waals surface area (Å²) in [6.45, 7) is 0.759. The van der Waals surface area contributed by atoms with Gasteiger partial charge in [0.15, 0.2) is 0 Å². The highest BCUT2D eigenvalue weighted by Gasteiger charge is 2.65. The Kier molecular flexibility index (Phi) is 5.22. The Bertz CT molecular complexity index is 1040. The number of anilines is 1. The van der Waals surface area contributed by atoms with E-state index in [2.05, 4.69) is 10.6 Å². The van der Waals surface area contributed by atoms with Gasteiger partial charge in [0.2, 0.25) is 0 Å². The van der Waals surface area contributed by atoms with Gasteiger partial charge in [0, 0.05) is 25.3 Å². The molecule has 2 aromatic rings. The first-order valence-electron chi connectivity index (χ1n) is 10.1. The number of aliphatic hydroxyl groups excluding tert-OH is 1. The van der Waals surface area contributed by atoms with Crippen LogP contribution in [0.1, 0.15) is 41.5 Å². The van der Waals surface area contributed by atoms with Crippen molar-refractivity contribution in [1.29, 1.82) is 0 Å². The average Bonchev–Trinajstić information content (AvgIpc) is 3.02. The summed E-state index contributed by atoms with van der Waals surface area (Å²) in [5.74, 6) is -0.246. The fourth-order valence-electron chi connectivity index (χ4n) is 4.30. The van der Waals surface area contributed by atoms with Gasteiger partial charge in [0.25, 0.3) is 0 Å². The second-order valence-corrected chi connectivity index (χ2v) is 10.6. The molecule has 0 spiro atoms. The van der Waals surface area contributed by atoms with Gasteiger partial charge in [0.05, 0.1) is 12.1 Å². The first kappa shape index (κ1) is 22.8. The third-order valence-electron chi connectivity index (χ3n) is 5.87. The molecule has 1 fully saturated rings. The van der Waals surface area contributed by atoms with Gasteiger partial charge in [-0.3, -0.25) is 0 Å². The zero-order valence-corrected chi connectivity index (χ0v) is 17.7. The molecule has 0 radical (unpaired) electrons. The summed E-state index contributed by atoms with van der Waals surface area (Å²) >= 11 is 0. The molecule has 11 heteroatoms. The van der Waals surface area contributed by atoms with E-state index in [1.54, 1.807) is 24.3 Å². The van der Waals surface area contributed by atoms with Crippen LogP contribution in [0.3, 0.4) is 0 Å². The van der Waals surface area contributed by atoms with Crippen LogP contribution in [0.2, 0.25) is 0 Å². The number of urea groups is 1. The average molecular weight is 478 g/mol. The second-order valence-electron chi connectivity index (χ2n) is 8.15. The Labute approximate surface area is 181 Å². The van der Waals surface area contributed by atoms with Gasteiger partial charge in [-0.15, -0.1) is 0 Å². The van der Waals surface area contributed by atoms with Gasteiger partial charge in [-0.2, -0.15) is 0 Å². The number of aliphatic hydroxyl groups is 1. The zero-order chi connectivity index (χ0) is 23.2. The number of rotatable bonds is 4. The third kappa shape index (κ3) is 4.84. The maximum Gasteiger partial charge on any atom is 0.319 e. The van der Waals surface area contributed by atoms with Crippen molar-refractivity contribution >= 4 is 21.9 Å². The smallest absolute Gasteiger partial charge is 0.319 e. The summed E-state index contributed by atoms with van der Waals surface area (Å²) in [5, 5.41) is 15.2. The lowest BCUT2D eigenvalue weighted by Gasteiger charge is -2.41. The number of fused-ring (bicyclic) bond motifs is 1. The summed E-state index contributed by atoms with van der Waals surface area (Å²) in [6, 6.07) is 7.08. The van der Waals surface area contributed by atoms with Crippen molar-refractivity contribution in [3.63, 3.8) is 0 Å². The number of amides is 2. The van der Waals surface area contributed by atoms with E-state index < -0.39 is 33.3 Å². The normalized spacial score (nSPS) is 23.7. The monoisotopic (exact) mass is 478 g/mol. The molecule has 0 saturated carbocycles. The standard InChI is InChI=1S/C21H23F5N2O3S/c22-32(23,24,25,26)15-5-6-16(13-7-9-31-10-8-13)18(12-15)27-21(30)28-20-17-4-2-1-3-14(17)11-19(20)29/h1-6,12-13,19-20,29H,7-11H2,(H2,27,28,30)/t19-,20+/m0/s1. The van der Waals surface area contributed by atoms with Crippen LogP contribution >= 0.6 is 10.2 Å². The molecule has 4 rings (SSSR count). The van der Waals surface area contributed by atoms with Crippen LogP contribution < -0.4 is 10.6 Å². The molecule has 1 aliphatic heterocycles. The Balaban J connectivity index is 1.63. The molecule has 0 bridgehead atoms. The number of carbonyl (C=O) groups is 1. The van der Waals surface area contributed by atoms with Crippen molar-refractivity contribution in [2.75, 3.05) is 18.5 Å². The van der Waals surface area contributed by atoms with E-state index >= 15 is 0 Å². The molecule has 2 amide bonds. The quantitative estimate of drug-likeness (QED) is 0.471. The molecule has 1 heterocycles. The minimum Gasteiger partial charge on any atom is -0.390 e. The van der Waals surface area contributed by atoms with Crippen molar-refractivity contribution in [3.05, 3.63) is 59.2 Å². The summed E-state index contributed by atoms with van der Waals surface area (Å²) in [7, 11) is -9.94. The maximum atomic E-state index is 13.4. The number of hydrogen-bond donors (Lipinski definition) is 3. The van der Waals surface area contributed by atoms with Gasteiger partial charge >= 0.3 is 16.3 Å². The maximum absolute atomic E-state index is 13.4. The van der Waals surface area contributed by atoms with Crippen LogP contribution in [0.15, 0.2) is 47.4 Å². The van der Waals surface area contributed by atoms with Crippen molar-refractivity contribution in [1.82, 2.24) is 5.32 Å². The van der Waals surface area contributed by atoms with Crippen molar-refractivity contribution in [2.24, 2.45) is 0 Å². The molecule has 32 heavy (non-hydrogen) atoms. The lowest BCUT2D eigenvalue weighted by molar-refractivity contribution is 0.0854. The molecule has 2 aliphatic rings. The summed E-state index contributed by atoms with van der Waals surface area (Å²) in [4.78, 5) is 10.6. The first-order chi connectivity index (χ1) is 14.8. The van der Waals surface area contributed by atoms with Gasteiger partial charge in [-0.05, 0) is 47.6 Å². The molecule has 1 aliphatic carbocycles. The lowest BCUT2D eigenvalue weighted by atomic mass is 9.90. The molecule has 2 aromatic carbocycles. The third-order valence-corrected chi connectivity index (χ3v) is 7.01. The predicted octanol–water partition coefficient (Wildman–Crippen LogP) is 6.02. The van der Waals surface area contributed by atoms with Crippen molar-refractivity contribution in [3.8, 4) is 0 Å². The number of carbonyl (C=O) groups excluding carboxylic acids is 1. The van der Waals surface area contributed by atoms with Crippen LogP contribution in [0.5, 0.6) is 0 Å². The molecular formula is C21H23F5N2O3S. The van der Waals surface area contributed by atoms with Crippen molar-refractivity contribution < 1.29 is 34.1 Å². The van der Waals surface area contributed by atoms with Gasteiger partial charge in [0.1, 0.15) is 4.90 Å². The largest absolute Gasteiger partial charge is 0.390 e. The number of ether oxygens (including phenoxy) is 1. The molecule has 2 atom stereocenters. The van der Waals surface area contributed by atoms with E-state index in [-0.39, 0.29) is 11.6 Å². The molecular weight excluding hydrogens is 455 g/mol. The molecule has 0 aromatic heterocycles. The molecule has 176 valence electrons. The predicted molar refractivity (Wildman–Crippen MR) is 112 cm³/mol. The Morgan fingerprint density at radius 1 is 1.00 bits per heavy atom. The minimum atomic E-state index is -9.94. The highest BCUT2D eigenvalue weighted by atomic mass is 32.5. The summed E-state index contributed by atoms with van der Waals surface area (Å²) in [5.41, 5.74) is 1.54. The lowest BCUT2D eigenvalue weighted by Crippen LogP contribution is -2.37. The Hall–Kier alpha value is -2.37. The number of nitrogens with one attached hydrogen (secondary N) is 2. The van der Waals surface area contributed by atoms with E-state index in [0.29, 0.717) is 55.7 Å². The number of halogens is 5. The van der Waals surface area contributed by atoms with Crippen LogP contribution in [0.4, 0.5) is 29.9 Å². The van der Waals surface area contributed by atoms with Gasteiger partial charge in [-0.25, -0.2) is 4.79 Å². The Morgan fingerprint density at radius 2 is 1.69 bits per heavy atom. The summed E-state index contributed by atoms with van der Waals surface area (Å²) < 4.78 is 72.3. The summed E-state index contributed by atoms with van der Waals surface area (Å²) in [6.07, 6.45) is 0.375. The SMILES string of the molecule is O=C(Nc1cc(S(F)(F)(F)(F)F)ccc1C1CCOCC1)N[C@@H]1c2ccccc2C[C@@H]1O. The number of hydrogen-bond acceptors (Lipinski definition) is 3. The van der Waals surface area contributed by atoms with Gasteiger partial charge in [-0.1, -0.05) is 49.8 Å². The number of benzene rings is 2. The molecule has 3 N–H and O–H groups in total. The highest BCUT2D eigenvalue weighted by molar-refractivity contribution is 8.45. The van der Waals surface area contributed by atoms with Gasteiger partial charge < -0.3 is 20.5 Å². The van der Waals surface area contributed by atoms with E-state index in [9.17, 15) is 29.3 Å². The van der Waals surface area contributed by atoms with E-state index in [4.69, 9.17) is 4.74 Å². The molecule has 5 nitrogen and oxygen atoms in total. The van der Waals surface area contributed by atoms with Crippen LogP contribution in [0.25, 0.3) is 0 Å². The van der Waals surface area contributed by atoms with Crippen LogP contribution in [-0.2, 0) is 11.2 Å². The van der Waals surface area contributed by atoms with E-state index in [1.165, 1.54) is 0 Å². The fourth-order valence-corrected chi connectivity index (χ4v) is 4.96. The second kappa shape index (κ2) is 7.32. The Morgan fingerprint density at radius 3 is 2.38 bits per heavy atom. The van der Waals surface area contributed by atoms with Crippen LogP contribution in [0, 0.1) is 0 Å².